The van der Waals surface area contributed by atoms with E-state index in [0.717, 1.165) is 48.6 Å². The fourth-order valence-electron chi connectivity index (χ4n) is 4.74. The quantitative estimate of drug-likeness (QED) is 0.315. The number of carbonyl (C=O) groups is 1. The molecule has 0 fully saturated rings. The number of rotatable bonds is 8. The maximum absolute atomic E-state index is 12.5. The van der Waals surface area contributed by atoms with Crippen LogP contribution < -0.4 is 5.32 Å². The number of amides is 1. The lowest BCUT2D eigenvalue weighted by atomic mass is 9.90. The van der Waals surface area contributed by atoms with Gasteiger partial charge in [-0.25, -0.2) is 4.98 Å². The molecule has 4 aromatic rings. The second-order valence-electron chi connectivity index (χ2n) is 9.07. The summed E-state index contributed by atoms with van der Waals surface area (Å²) in [6, 6.07) is 14.6. The molecule has 1 amide bonds. The molecular weight excluding hydrogens is 490 g/mol. The van der Waals surface area contributed by atoms with Gasteiger partial charge in [-0.1, -0.05) is 41.9 Å². The average molecular weight is 518 g/mol. The Morgan fingerprint density at radius 1 is 1.14 bits per heavy atom. The summed E-state index contributed by atoms with van der Waals surface area (Å²) >= 11 is 7.78. The Hall–Kier alpha value is -3.13. The molecule has 0 bridgehead atoms. The molecule has 1 unspecified atom stereocenters. The Kier molecular flexibility index (Phi) is 7.70. The number of nitrogens with one attached hydrogen (secondary N) is 1. The molecule has 0 radical (unpaired) electrons. The van der Waals surface area contributed by atoms with Crippen molar-refractivity contribution in [3.05, 3.63) is 110 Å². The summed E-state index contributed by atoms with van der Waals surface area (Å²) in [5.74, 6) is -0.209. The number of pyridine rings is 2. The van der Waals surface area contributed by atoms with Crippen LogP contribution in [0.15, 0.2) is 66.4 Å². The fourth-order valence-corrected chi connectivity index (χ4v) is 5.55. The standard InChI is InChI=1S/C28H28ClN5OS/c1-19-33-23(18-36-19)17-34(26-6-2-4-22-5-3-12-31-27(22)26)16-21-9-7-20(8-10-21)14-32-28(35)24-11-13-30-15-25(24)29/h3,5,7-13,15,18,26H,2,4,6,14,16-17H2,1H3,(H,32,35). The predicted molar refractivity (Wildman–Crippen MR) is 143 cm³/mol. The molecule has 5 rings (SSSR count). The summed E-state index contributed by atoms with van der Waals surface area (Å²) < 4.78 is 0. The van der Waals surface area contributed by atoms with Crippen LogP contribution in [0.25, 0.3) is 0 Å². The van der Waals surface area contributed by atoms with Gasteiger partial charge in [-0.05, 0) is 55.0 Å². The fraction of sp³-hybridized carbons (Fsp3) is 0.286. The van der Waals surface area contributed by atoms with Gasteiger partial charge in [0.2, 0.25) is 0 Å². The lowest BCUT2D eigenvalue weighted by Gasteiger charge is -2.34. The van der Waals surface area contributed by atoms with Crippen LogP contribution in [0.3, 0.4) is 0 Å². The van der Waals surface area contributed by atoms with Gasteiger partial charge in [0, 0.05) is 43.6 Å². The predicted octanol–water partition coefficient (Wildman–Crippen LogP) is 5.90. The number of hydrogen-bond donors (Lipinski definition) is 1. The Morgan fingerprint density at radius 3 is 2.75 bits per heavy atom. The highest BCUT2D eigenvalue weighted by molar-refractivity contribution is 7.09. The molecule has 1 aliphatic carbocycles. The maximum atomic E-state index is 12.5. The summed E-state index contributed by atoms with van der Waals surface area (Å²) in [5.41, 5.74) is 6.34. The van der Waals surface area contributed by atoms with Crippen molar-refractivity contribution in [1.82, 2.24) is 25.2 Å². The minimum Gasteiger partial charge on any atom is -0.348 e. The van der Waals surface area contributed by atoms with Gasteiger partial charge in [-0.2, -0.15) is 0 Å². The van der Waals surface area contributed by atoms with Crippen molar-refractivity contribution in [3.63, 3.8) is 0 Å². The molecule has 0 spiro atoms. The number of fused-ring (bicyclic) bond motifs is 1. The highest BCUT2D eigenvalue weighted by atomic mass is 35.5. The second kappa shape index (κ2) is 11.3. The van der Waals surface area contributed by atoms with E-state index in [2.05, 4.69) is 57.8 Å². The van der Waals surface area contributed by atoms with Crippen molar-refractivity contribution in [2.24, 2.45) is 0 Å². The van der Waals surface area contributed by atoms with Gasteiger partial charge < -0.3 is 5.32 Å². The van der Waals surface area contributed by atoms with E-state index in [9.17, 15) is 4.79 Å². The molecular formula is C28H28ClN5OS. The minimum atomic E-state index is -0.209. The maximum Gasteiger partial charge on any atom is 0.253 e. The van der Waals surface area contributed by atoms with E-state index < -0.39 is 0 Å². The molecule has 1 aliphatic rings. The Bertz CT molecular complexity index is 1340. The van der Waals surface area contributed by atoms with Gasteiger partial charge in [0.25, 0.3) is 5.91 Å². The largest absolute Gasteiger partial charge is 0.348 e. The van der Waals surface area contributed by atoms with Crippen molar-refractivity contribution in [2.45, 2.75) is 51.9 Å². The smallest absolute Gasteiger partial charge is 0.253 e. The summed E-state index contributed by atoms with van der Waals surface area (Å²) in [7, 11) is 0. The van der Waals surface area contributed by atoms with Crippen molar-refractivity contribution >= 4 is 28.8 Å². The molecule has 3 heterocycles. The molecule has 1 N–H and O–H groups in total. The number of carbonyl (C=O) groups excluding carboxylic acids is 1. The first kappa shape index (κ1) is 24.6. The summed E-state index contributed by atoms with van der Waals surface area (Å²) in [6.07, 6.45) is 8.29. The highest BCUT2D eigenvalue weighted by Crippen LogP contribution is 2.35. The normalized spacial score (nSPS) is 15.0. The van der Waals surface area contributed by atoms with Gasteiger partial charge in [0.1, 0.15) is 0 Å². The van der Waals surface area contributed by atoms with E-state index >= 15 is 0 Å². The molecule has 0 saturated carbocycles. The molecule has 3 aromatic heterocycles. The number of halogens is 1. The number of hydrogen-bond acceptors (Lipinski definition) is 6. The zero-order chi connectivity index (χ0) is 24.9. The number of aromatic nitrogens is 3. The van der Waals surface area contributed by atoms with Crippen LogP contribution in [0, 0.1) is 6.92 Å². The van der Waals surface area contributed by atoms with Crippen LogP contribution in [0.5, 0.6) is 0 Å². The monoisotopic (exact) mass is 517 g/mol. The lowest BCUT2D eigenvalue weighted by molar-refractivity contribution is 0.0951. The molecule has 0 aliphatic heterocycles. The van der Waals surface area contributed by atoms with Crippen LogP contribution in [-0.4, -0.2) is 25.8 Å². The first-order valence-corrected chi connectivity index (χ1v) is 13.4. The van der Waals surface area contributed by atoms with Crippen molar-refractivity contribution in [1.29, 1.82) is 0 Å². The third-order valence-electron chi connectivity index (χ3n) is 6.52. The van der Waals surface area contributed by atoms with Gasteiger partial charge in [-0.15, -0.1) is 11.3 Å². The third-order valence-corrected chi connectivity index (χ3v) is 7.64. The molecule has 6 nitrogen and oxygen atoms in total. The van der Waals surface area contributed by atoms with Crippen molar-refractivity contribution in [2.75, 3.05) is 0 Å². The Balaban J connectivity index is 1.29. The zero-order valence-corrected chi connectivity index (χ0v) is 21.7. The van der Waals surface area contributed by atoms with Crippen LogP contribution >= 0.6 is 22.9 Å². The summed E-state index contributed by atoms with van der Waals surface area (Å²) in [5, 5.41) is 6.53. The first-order chi connectivity index (χ1) is 17.6. The van der Waals surface area contributed by atoms with Gasteiger partial charge >= 0.3 is 0 Å². The SMILES string of the molecule is Cc1nc(CN(Cc2ccc(CNC(=O)c3ccncc3Cl)cc2)C2CCCc3cccnc32)cs1. The van der Waals surface area contributed by atoms with Crippen molar-refractivity contribution < 1.29 is 4.79 Å². The zero-order valence-electron chi connectivity index (χ0n) is 20.2. The minimum absolute atomic E-state index is 0.209. The van der Waals surface area contributed by atoms with Gasteiger partial charge in [0.05, 0.1) is 33.0 Å². The van der Waals surface area contributed by atoms with Crippen LogP contribution in [-0.2, 0) is 26.1 Å². The van der Waals surface area contributed by atoms with E-state index in [1.54, 1.807) is 23.6 Å². The molecule has 8 heteroatoms. The van der Waals surface area contributed by atoms with Crippen LogP contribution in [0.1, 0.15) is 62.3 Å². The molecule has 1 aromatic carbocycles. The van der Waals surface area contributed by atoms with Gasteiger partial charge in [-0.3, -0.25) is 19.7 Å². The first-order valence-electron chi connectivity index (χ1n) is 12.1. The second-order valence-corrected chi connectivity index (χ2v) is 10.5. The van der Waals surface area contributed by atoms with E-state index in [1.165, 1.54) is 23.0 Å². The summed E-state index contributed by atoms with van der Waals surface area (Å²) in [6.45, 7) is 4.07. The number of aryl methyl sites for hydroxylation is 2. The lowest BCUT2D eigenvalue weighted by Crippen LogP contribution is -2.31. The molecule has 1 atom stereocenters. The number of nitrogens with zero attached hydrogens (tertiary/aromatic N) is 4. The van der Waals surface area contributed by atoms with Crippen LogP contribution in [0.2, 0.25) is 5.02 Å². The Labute approximate surface area is 220 Å². The van der Waals surface area contributed by atoms with E-state index in [0.29, 0.717) is 17.1 Å². The highest BCUT2D eigenvalue weighted by Gasteiger charge is 2.28. The topological polar surface area (TPSA) is 71.0 Å². The molecule has 0 saturated heterocycles. The number of thiazole rings is 1. The Morgan fingerprint density at radius 2 is 1.97 bits per heavy atom. The average Bonchev–Trinajstić information content (AvgIpc) is 3.32. The molecule has 36 heavy (non-hydrogen) atoms. The van der Waals surface area contributed by atoms with E-state index in [4.69, 9.17) is 21.6 Å². The van der Waals surface area contributed by atoms with Gasteiger partial charge in [0.15, 0.2) is 0 Å². The third kappa shape index (κ3) is 5.81. The van der Waals surface area contributed by atoms with Crippen molar-refractivity contribution in [3.8, 4) is 0 Å². The molecule has 184 valence electrons. The van der Waals surface area contributed by atoms with E-state index in [1.807, 2.05) is 12.3 Å². The summed E-state index contributed by atoms with van der Waals surface area (Å²) in [4.78, 5) is 28.4. The van der Waals surface area contributed by atoms with E-state index in [-0.39, 0.29) is 11.9 Å². The number of benzene rings is 1. The van der Waals surface area contributed by atoms with Crippen LogP contribution in [0.4, 0.5) is 0 Å².